The Balaban J connectivity index is 1.92. The van der Waals surface area contributed by atoms with Crippen LogP contribution in [0.4, 0.5) is 0 Å². The van der Waals surface area contributed by atoms with E-state index in [0.29, 0.717) is 0 Å². The number of rotatable bonds is 10. The molecule has 0 N–H and O–H groups in total. The summed E-state index contributed by atoms with van der Waals surface area (Å²) in [7, 11) is 0. The molecule has 0 saturated heterocycles. The van der Waals surface area contributed by atoms with Crippen molar-refractivity contribution < 1.29 is 0 Å². The molecular formula is C17H29N. The van der Waals surface area contributed by atoms with Crippen molar-refractivity contribution in [3.05, 3.63) is 29.6 Å². The Labute approximate surface area is 113 Å². The van der Waals surface area contributed by atoms with Gasteiger partial charge in [-0.15, -0.1) is 0 Å². The average molecular weight is 247 g/mol. The maximum Gasteiger partial charge on any atom is 0.0375 e. The van der Waals surface area contributed by atoms with Gasteiger partial charge >= 0.3 is 0 Å². The topological polar surface area (TPSA) is 12.9 Å². The number of unbranched alkanes of at least 4 members (excludes halogenated alkanes) is 8. The maximum absolute atomic E-state index is 4.23. The lowest BCUT2D eigenvalue weighted by molar-refractivity contribution is 0.565. The Morgan fingerprint density at radius 3 is 2.11 bits per heavy atom. The average Bonchev–Trinajstić information content (AvgIpc) is 2.37. The molecular weight excluding hydrogens is 218 g/mol. The first-order valence-corrected chi connectivity index (χ1v) is 7.74. The number of aryl methyl sites for hydroxylation is 2. The van der Waals surface area contributed by atoms with Gasteiger partial charge in [0, 0.05) is 11.9 Å². The highest BCUT2D eigenvalue weighted by molar-refractivity contribution is 5.15. The molecule has 1 rings (SSSR count). The lowest BCUT2D eigenvalue weighted by atomic mass is 10.0. The van der Waals surface area contributed by atoms with Crippen LogP contribution in [0.25, 0.3) is 0 Å². The molecule has 1 heterocycles. The zero-order valence-corrected chi connectivity index (χ0v) is 12.3. The molecule has 0 aromatic carbocycles. The van der Waals surface area contributed by atoms with Crippen LogP contribution >= 0.6 is 0 Å². The van der Waals surface area contributed by atoms with Crippen molar-refractivity contribution in [1.29, 1.82) is 0 Å². The van der Waals surface area contributed by atoms with Gasteiger partial charge in [-0.25, -0.2) is 0 Å². The molecule has 0 unspecified atom stereocenters. The molecule has 0 spiro atoms. The Morgan fingerprint density at radius 2 is 1.50 bits per heavy atom. The molecule has 1 nitrogen and oxygen atoms in total. The zero-order valence-electron chi connectivity index (χ0n) is 12.3. The zero-order chi connectivity index (χ0) is 13.1. The second kappa shape index (κ2) is 10.1. The summed E-state index contributed by atoms with van der Waals surface area (Å²) in [6.07, 6.45) is 15.8. The SMILES string of the molecule is CCCCCCCCCCCc1ccnc(C)c1. The quantitative estimate of drug-likeness (QED) is 0.500. The van der Waals surface area contributed by atoms with Gasteiger partial charge in [-0.3, -0.25) is 4.98 Å². The van der Waals surface area contributed by atoms with Gasteiger partial charge in [0.25, 0.3) is 0 Å². The standard InChI is InChI=1S/C17H29N/c1-3-4-5-6-7-8-9-10-11-12-17-13-14-18-16(2)15-17/h13-15H,3-12H2,1-2H3. The molecule has 0 radical (unpaired) electrons. The van der Waals surface area contributed by atoms with Gasteiger partial charge in [0.2, 0.25) is 0 Å². The fourth-order valence-corrected chi connectivity index (χ4v) is 2.40. The highest BCUT2D eigenvalue weighted by Crippen LogP contribution is 2.12. The molecule has 0 amide bonds. The fraction of sp³-hybridized carbons (Fsp3) is 0.706. The second-order valence-corrected chi connectivity index (χ2v) is 5.38. The van der Waals surface area contributed by atoms with Gasteiger partial charge in [-0.05, 0) is 37.5 Å². The number of hydrogen-bond acceptors (Lipinski definition) is 1. The van der Waals surface area contributed by atoms with Crippen LogP contribution in [0.3, 0.4) is 0 Å². The molecule has 102 valence electrons. The molecule has 1 heteroatoms. The predicted molar refractivity (Wildman–Crippen MR) is 79.9 cm³/mol. The van der Waals surface area contributed by atoms with E-state index in [1.54, 1.807) is 0 Å². The van der Waals surface area contributed by atoms with Gasteiger partial charge < -0.3 is 0 Å². The normalized spacial score (nSPS) is 10.8. The first kappa shape index (κ1) is 15.2. The van der Waals surface area contributed by atoms with E-state index in [1.165, 1.54) is 69.8 Å². The lowest BCUT2D eigenvalue weighted by Gasteiger charge is -2.03. The van der Waals surface area contributed by atoms with Crippen molar-refractivity contribution in [1.82, 2.24) is 4.98 Å². The molecule has 0 bridgehead atoms. The van der Waals surface area contributed by atoms with Crippen LogP contribution in [0.15, 0.2) is 18.3 Å². The van der Waals surface area contributed by atoms with E-state index in [-0.39, 0.29) is 0 Å². The first-order chi connectivity index (χ1) is 8.83. The molecule has 0 aliphatic rings. The van der Waals surface area contributed by atoms with Crippen LogP contribution in [-0.2, 0) is 6.42 Å². The monoisotopic (exact) mass is 247 g/mol. The summed E-state index contributed by atoms with van der Waals surface area (Å²) < 4.78 is 0. The van der Waals surface area contributed by atoms with Crippen molar-refractivity contribution in [2.45, 2.75) is 78.1 Å². The van der Waals surface area contributed by atoms with Crippen LogP contribution in [0.5, 0.6) is 0 Å². The van der Waals surface area contributed by atoms with Crippen molar-refractivity contribution in [3.8, 4) is 0 Å². The third-order valence-corrected chi connectivity index (χ3v) is 3.53. The minimum atomic E-state index is 1.14. The molecule has 0 aliphatic heterocycles. The van der Waals surface area contributed by atoms with Gasteiger partial charge in [-0.1, -0.05) is 58.3 Å². The van der Waals surface area contributed by atoms with Crippen molar-refractivity contribution in [2.75, 3.05) is 0 Å². The van der Waals surface area contributed by atoms with Crippen LogP contribution in [0.1, 0.15) is 76.0 Å². The van der Waals surface area contributed by atoms with Crippen LogP contribution in [0.2, 0.25) is 0 Å². The van der Waals surface area contributed by atoms with E-state index in [2.05, 4.69) is 31.0 Å². The third-order valence-electron chi connectivity index (χ3n) is 3.53. The molecule has 1 aromatic heterocycles. The summed E-state index contributed by atoms with van der Waals surface area (Å²) in [6.45, 7) is 4.35. The van der Waals surface area contributed by atoms with Crippen LogP contribution < -0.4 is 0 Å². The highest BCUT2D eigenvalue weighted by Gasteiger charge is 1.95. The minimum Gasteiger partial charge on any atom is -0.262 e. The van der Waals surface area contributed by atoms with E-state index in [0.717, 1.165) is 5.69 Å². The summed E-state index contributed by atoms with van der Waals surface area (Å²) in [5.74, 6) is 0. The summed E-state index contributed by atoms with van der Waals surface area (Å²) >= 11 is 0. The highest BCUT2D eigenvalue weighted by atomic mass is 14.6. The number of hydrogen-bond donors (Lipinski definition) is 0. The summed E-state index contributed by atoms with van der Waals surface area (Å²) in [4.78, 5) is 4.23. The molecule has 0 fully saturated rings. The smallest absolute Gasteiger partial charge is 0.0375 e. The van der Waals surface area contributed by atoms with E-state index in [4.69, 9.17) is 0 Å². The summed E-state index contributed by atoms with van der Waals surface area (Å²) in [5.41, 5.74) is 2.59. The second-order valence-electron chi connectivity index (χ2n) is 5.38. The van der Waals surface area contributed by atoms with Crippen molar-refractivity contribution >= 4 is 0 Å². The van der Waals surface area contributed by atoms with Gasteiger partial charge in [0.05, 0.1) is 0 Å². The minimum absolute atomic E-state index is 1.14. The summed E-state index contributed by atoms with van der Waals surface area (Å²) in [6, 6.07) is 4.36. The Hall–Kier alpha value is -0.850. The predicted octanol–water partition coefficient (Wildman–Crippen LogP) is 5.46. The lowest BCUT2D eigenvalue weighted by Crippen LogP contribution is -1.89. The number of nitrogens with zero attached hydrogens (tertiary/aromatic N) is 1. The Bertz CT molecular complexity index is 306. The number of aromatic nitrogens is 1. The first-order valence-electron chi connectivity index (χ1n) is 7.74. The molecule has 0 saturated carbocycles. The molecule has 0 atom stereocenters. The van der Waals surface area contributed by atoms with E-state index >= 15 is 0 Å². The van der Waals surface area contributed by atoms with Crippen LogP contribution in [-0.4, -0.2) is 4.98 Å². The van der Waals surface area contributed by atoms with Gasteiger partial charge in [-0.2, -0.15) is 0 Å². The van der Waals surface area contributed by atoms with E-state index < -0.39 is 0 Å². The van der Waals surface area contributed by atoms with E-state index in [1.807, 2.05) is 6.20 Å². The van der Waals surface area contributed by atoms with Crippen molar-refractivity contribution in [2.24, 2.45) is 0 Å². The fourth-order valence-electron chi connectivity index (χ4n) is 2.40. The van der Waals surface area contributed by atoms with Crippen molar-refractivity contribution in [3.63, 3.8) is 0 Å². The Kier molecular flexibility index (Phi) is 8.54. The molecule has 18 heavy (non-hydrogen) atoms. The van der Waals surface area contributed by atoms with E-state index in [9.17, 15) is 0 Å². The third kappa shape index (κ3) is 7.47. The largest absolute Gasteiger partial charge is 0.262 e. The Morgan fingerprint density at radius 1 is 0.889 bits per heavy atom. The molecule has 1 aromatic rings. The van der Waals surface area contributed by atoms with Gasteiger partial charge in [0.15, 0.2) is 0 Å². The molecule has 0 aliphatic carbocycles. The van der Waals surface area contributed by atoms with Crippen LogP contribution in [0, 0.1) is 6.92 Å². The van der Waals surface area contributed by atoms with Gasteiger partial charge in [0.1, 0.15) is 0 Å². The number of pyridine rings is 1. The maximum atomic E-state index is 4.23. The summed E-state index contributed by atoms with van der Waals surface area (Å²) in [5, 5.41) is 0.